The number of amides is 2. The number of para-hydroxylation sites is 1. The Morgan fingerprint density at radius 3 is 2.55 bits per heavy atom. The van der Waals surface area contributed by atoms with Gasteiger partial charge in [0.2, 0.25) is 0 Å². The molecule has 2 aromatic carbocycles. The molecule has 0 spiro atoms. The molecular weight excluding hydrogens is 404 g/mol. The molecule has 4 rings (SSSR count). The van der Waals surface area contributed by atoms with E-state index in [4.69, 9.17) is 0 Å². The van der Waals surface area contributed by atoms with Crippen molar-refractivity contribution >= 4 is 45.8 Å². The number of thiazole rings is 1. The summed E-state index contributed by atoms with van der Waals surface area (Å²) in [6.45, 7) is 0. The Balaban J connectivity index is 1.45. The van der Waals surface area contributed by atoms with Crippen molar-refractivity contribution < 1.29 is 9.59 Å². The van der Waals surface area contributed by atoms with Crippen molar-refractivity contribution in [2.75, 3.05) is 0 Å². The number of carbonyl (C=O) groups excluding carboxylic acids is 2. The van der Waals surface area contributed by atoms with Gasteiger partial charge in [-0.05, 0) is 18.2 Å². The van der Waals surface area contributed by atoms with E-state index in [1.54, 1.807) is 35.2 Å². The molecule has 2 aromatic heterocycles. The second-order valence-corrected chi connectivity index (χ2v) is 8.08. The highest BCUT2D eigenvalue weighted by Crippen LogP contribution is 2.26. The van der Waals surface area contributed by atoms with Gasteiger partial charge in [0.15, 0.2) is 0 Å². The number of nitrogens with zero attached hydrogens (tertiary/aromatic N) is 2. The van der Waals surface area contributed by atoms with Gasteiger partial charge in [-0.3, -0.25) is 20.4 Å². The third-order valence-corrected chi connectivity index (χ3v) is 6.16. The second-order valence-electron chi connectivity index (χ2n) is 6.34. The summed E-state index contributed by atoms with van der Waals surface area (Å²) in [6.07, 6.45) is 1.75. The van der Waals surface area contributed by atoms with E-state index in [2.05, 4.69) is 15.8 Å². The lowest BCUT2D eigenvalue weighted by Crippen LogP contribution is -2.41. The maximum Gasteiger partial charge on any atom is 0.271 e. The van der Waals surface area contributed by atoms with Gasteiger partial charge in [0.1, 0.15) is 0 Å². The van der Waals surface area contributed by atoms with Crippen LogP contribution in [0.15, 0.2) is 70.5 Å². The summed E-state index contributed by atoms with van der Waals surface area (Å²) in [5.74, 6) is -0.0430. The van der Waals surface area contributed by atoms with Crippen molar-refractivity contribution in [3.05, 3.63) is 82.4 Å². The van der Waals surface area contributed by atoms with Crippen molar-refractivity contribution in [3.8, 4) is 0 Å². The van der Waals surface area contributed by atoms with Crippen LogP contribution in [0.25, 0.3) is 10.9 Å². The molecule has 0 aliphatic heterocycles. The van der Waals surface area contributed by atoms with E-state index in [9.17, 15) is 9.59 Å². The average Bonchev–Trinajstić information content (AvgIpc) is 3.39. The molecule has 29 heavy (non-hydrogen) atoms. The fourth-order valence-electron chi connectivity index (χ4n) is 3.01. The van der Waals surface area contributed by atoms with Crippen LogP contribution in [0.5, 0.6) is 0 Å². The Morgan fingerprint density at radius 2 is 1.76 bits per heavy atom. The van der Waals surface area contributed by atoms with Crippen molar-refractivity contribution in [1.82, 2.24) is 20.4 Å². The molecule has 0 radical (unpaired) electrons. The first-order chi connectivity index (χ1) is 14.1. The predicted octanol–water partition coefficient (Wildman–Crippen LogP) is 4.00. The first-order valence-corrected chi connectivity index (χ1v) is 10.8. The van der Waals surface area contributed by atoms with Crippen LogP contribution in [-0.4, -0.2) is 21.4 Å². The van der Waals surface area contributed by atoms with E-state index in [1.807, 2.05) is 53.4 Å². The molecule has 0 aliphatic carbocycles. The van der Waals surface area contributed by atoms with Crippen molar-refractivity contribution in [2.45, 2.75) is 10.6 Å². The van der Waals surface area contributed by atoms with E-state index in [-0.39, 0.29) is 11.8 Å². The Labute approximate surface area is 175 Å². The maximum atomic E-state index is 12.7. The van der Waals surface area contributed by atoms with Crippen LogP contribution in [0.2, 0.25) is 0 Å². The number of hydrazine groups is 1. The third kappa shape index (κ3) is 4.18. The van der Waals surface area contributed by atoms with E-state index >= 15 is 0 Å². The molecule has 0 saturated heterocycles. The summed E-state index contributed by atoms with van der Waals surface area (Å²) < 4.78 is 1.89. The lowest BCUT2D eigenvalue weighted by atomic mass is 10.2. The molecule has 4 aromatic rings. The van der Waals surface area contributed by atoms with Gasteiger partial charge in [-0.25, -0.2) is 4.98 Å². The zero-order valence-corrected chi connectivity index (χ0v) is 17.2. The molecule has 6 nitrogen and oxygen atoms in total. The fourth-order valence-corrected chi connectivity index (χ4v) is 4.63. The highest BCUT2D eigenvalue weighted by molar-refractivity contribution is 7.98. The van der Waals surface area contributed by atoms with Crippen LogP contribution < -0.4 is 10.9 Å². The van der Waals surface area contributed by atoms with Crippen molar-refractivity contribution in [3.63, 3.8) is 0 Å². The quantitative estimate of drug-likeness (QED) is 0.376. The first kappa shape index (κ1) is 19.2. The third-order valence-electron chi connectivity index (χ3n) is 4.42. The van der Waals surface area contributed by atoms with Gasteiger partial charge in [-0.2, -0.15) is 0 Å². The van der Waals surface area contributed by atoms with E-state index in [0.717, 1.165) is 21.5 Å². The summed E-state index contributed by atoms with van der Waals surface area (Å²) in [5.41, 5.74) is 9.78. The minimum atomic E-state index is -0.361. The number of aromatic nitrogens is 2. The molecule has 8 heteroatoms. The monoisotopic (exact) mass is 422 g/mol. The lowest BCUT2D eigenvalue weighted by molar-refractivity contribution is 0.0846. The van der Waals surface area contributed by atoms with Crippen LogP contribution in [-0.2, 0) is 12.8 Å². The zero-order chi connectivity index (χ0) is 20.2. The number of fused-ring (bicyclic) bond motifs is 1. The van der Waals surface area contributed by atoms with Crippen LogP contribution >= 0.6 is 23.1 Å². The molecule has 2 heterocycles. The summed E-state index contributed by atoms with van der Waals surface area (Å²) in [6, 6.07) is 14.9. The predicted molar refractivity (Wildman–Crippen MR) is 116 cm³/mol. The Morgan fingerprint density at radius 1 is 1.03 bits per heavy atom. The van der Waals surface area contributed by atoms with Gasteiger partial charge < -0.3 is 4.57 Å². The Bertz CT molecular complexity index is 1170. The molecule has 2 amide bonds. The van der Waals surface area contributed by atoms with E-state index < -0.39 is 0 Å². The molecule has 0 bridgehead atoms. The minimum absolute atomic E-state index is 0.359. The van der Waals surface area contributed by atoms with Crippen molar-refractivity contribution in [1.29, 1.82) is 0 Å². The van der Waals surface area contributed by atoms with Crippen LogP contribution in [0.3, 0.4) is 0 Å². The normalized spacial score (nSPS) is 10.8. The molecule has 0 unspecified atom stereocenters. The fraction of sp³-hybridized carbons (Fsp3) is 0.0952. The van der Waals surface area contributed by atoms with Gasteiger partial charge in [-0.1, -0.05) is 30.3 Å². The zero-order valence-electron chi connectivity index (χ0n) is 15.6. The Kier molecular flexibility index (Phi) is 5.64. The topological polar surface area (TPSA) is 76.0 Å². The lowest BCUT2D eigenvalue weighted by Gasteiger charge is -2.10. The standard InChI is InChI=1S/C21H18N4O2S2/c1-25-10-17(15-6-2-4-8-18(15)25)21(27)24-23-20(26)16-7-3-5-9-19(16)29-12-14-11-28-13-22-14/h2-11,13H,12H2,1H3,(H,23,26)(H,24,27). The summed E-state index contributed by atoms with van der Waals surface area (Å²) >= 11 is 3.08. The molecule has 146 valence electrons. The smallest absolute Gasteiger partial charge is 0.271 e. The highest BCUT2D eigenvalue weighted by Gasteiger charge is 2.16. The number of aryl methyl sites for hydroxylation is 1. The number of rotatable bonds is 5. The summed E-state index contributed by atoms with van der Waals surface area (Å²) in [4.78, 5) is 30.4. The summed E-state index contributed by atoms with van der Waals surface area (Å²) in [7, 11) is 1.88. The van der Waals surface area contributed by atoms with Gasteiger partial charge >= 0.3 is 0 Å². The number of hydrogen-bond donors (Lipinski definition) is 2. The number of hydrogen-bond acceptors (Lipinski definition) is 5. The molecular formula is C21H18N4O2S2. The molecule has 0 aliphatic rings. The van der Waals surface area contributed by atoms with Crippen LogP contribution in [0.4, 0.5) is 0 Å². The van der Waals surface area contributed by atoms with Gasteiger partial charge in [0.25, 0.3) is 11.8 Å². The number of nitrogens with one attached hydrogen (secondary N) is 2. The number of carbonyl (C=O) groups is 2. The number of benzene rings is 2. The van der Waals surface area contributed by atoms with E-state index in [1.165, 1.54) is 11.8 Å². The molecule has 0 saturated carbocycles. The number of thioether (sulfide) groups is 1. The van der Waals surface area contributed by atoms with Crippen molar-refractivity contribution in [2.24, 2.45) is 7.05 Å². The van der Waals surface area contributed by atoms with Gasteiger partial charge in [-0.15, -0.1) is 23.1 Å². The largest absolute Gasteiger partial charge is 0.350 e. The minimum Gasteiger partial charge on any atom is -0.350 e. The molecule has 0 atom stereocenters. The average molecular weight is 423 g/mol. The SMILES string of the molecule is Cn1cc(C(=O)NNC(=O)c2ccccc2SCc2cscn2)c2ccccc21. The second kappa shape index (κ2) is 8.50. The summed E-state index contributed by atoms with van der Waals surface area (Å²) in [5, 5.41) is 2.82. The van der Waals surface area contributed by atoms with Gasteiger partial charge in [0, 0.05) is 40.2 Å². The Hall–Kier alpha value is -3.10. The maximum absolute atomic E-state index is 12.7. The molecule has 2 N–H and O–H groups in total. The van der Waals surface area contributed by atoms with Crippen LogP contribution in [0.1, 0.15) is 26.4 Å². The van der Waals surface area contributed by atoms with Crippen LogP contribution in [0, 0.1) is 0 Å². The van der Waals surface area contributed by atoms with E-state index in [0.29, 0.717) is 16.9 Å². The first-order valence-electron chi connectivity index (χ1n) is 8.87. The highest BCUT2D eigenvalue weighted by atomic mass is 32.2. The molecule has 0 fully saturated rings. The van der Waals surface area contributed by atoms with Gasteiger partial charge in [0.05, 0.1) is 22.3 Å².